The number of carbonyl (C=O) groups excluding carboxylic acids is 1. The lowest BCUT2D eigenvalue weighted by Gasteiger charge is -2.40. The van der Waals surface area contributed by atoms with Crippen LogP contribution >= 0.6 is 0 Å². The second-order valence-corrected chi connectivity index (χ2v) is 8.13. The molecule has 1 amide bonds. The maximum atomic E-state index is 12.9. The number of likely N-dealkylation sites (tertiary alicyclic amines) is 2. The Morgan fingerprint density at radius 1 is 1.15 bits per heavy atom. The Kier molecular flexibility index (Phi) is 4.91. The second-order valence-electron chi connectivity index (χ2n) is 8.13. The SMILES string of the molecule is O=C(O)CCN1CCCC2(CCN(C(=O)Cc3c[nH]c4ccccc34)C2)C1. The molecule has 2 fully saturated rings. The highest BCUT2D eigenvalue weighted by Crippen LogP contribution is 2.39. The topological polar surface area (TPSA) is 76.6 Å². The van der Waals surface area contributed by atoms with Gasteiger partial charge in [0, 0.05) is 48.7 Å². The molecule has 2 aliphatic heterocycles. The van der Waals surface area contributed by atoms with Gasteiger partial charge in [-0.3, -0.25) is 9.59 Å². The number of hydrogen-bond donors (Lipinski definition) is 2. The monoisotopic (exact) mass is 369 g/mol. The van der Waals surface area contributed by atoms with Crippen LogP contribution in [-0.4, -0.2) is 64.5 Å². The number of piperidine rings is 1. The van der Waals surface area contributed by atoms with Crippen molar-refractivity contribution < 1.29 is 14.7 Å². The summed E-state index contributed by atoms with van der Waals surface area (Å²) in [6, 6.07) is 8.08. The number of carboxylic acid groups (broad SMARTS) is 1. The number of rotatable bonds is 5. The van der Waals surface area contributed by atoms with E-state index in [0.29, 0.717) is 13.0 Å². The van der Waals surface area contributed by atoms with Crippen molar-refractivity contribution in [2.45, 2.75) is 32.1 Å². The molecule has 6 nitrogen and oxygen atoms in total. The molecule has 1 unspecified atom stereocenters. The number of hydrogen-bond acceptors (Lipinski definition) is 3. The summed E-state index contributed by atoms with van der Waals surface area (Å²) in [7, 11) is 0. The largest absolute Gasteiger partial charge is 0.481 e. The number of para-hydroxylation sites is 1. The van der Waals surface area contributed by atoms with Gasteiger partial charge in [-0.05, 0) is 37.4 Å². The van der Waals surface area contributed by atoms with Crippen LogP contribution in [0.4, 0.5) is 0 Å². The molecule has 27 heavy (non-hydrogen) atoms. The number of carboxylic acids is 1. The van der Waals surface area contributed by atoms with Crippen molar-refractivity contribution in [3.63, 3.8) is 0 Å². The molecule has 0 saturated carbocycles. The van der Waals surface area contributed by atoms with E-state index in [1.54, 1.807) is 0 Å². The van der Waals surface area contributed by atoms with Gasteiger partial charge in [0.2, 0.25) is 5.91 Å². The Morgan fingerprint density at radius 3 is 2.85 bits per heavy atom. The van der Waals surface area contributed by atoms with Crippen LogP contribution in [0.15, 0.2) is 30.5 Å². The first-order chi connectivity index (χ1) is 13.0. The van der Waals surface area contributed by atoms with Crippen LogP contribution < -0.4 is 0 Å². The Bertz CT molecular complexity index is 846. The first-order valence-corrected chi connectivity index (χ1v) is 9.82. The molecule has 144 valence electrons. The maximum Gasteiger partial charge on any atom is 0.304 e. The molecule has 1 aromatic heterocycles. The predicted molar refractivity (Wildman–Crippen MR) is 104 cm³/mol. The van der Waals surface area contributed by atoms with E-state index in [0.717, 1.165) is 61.9 Å². The van der Waals surface area contributed by atoms with E-state index in [9.17, 15) is 9.59 Å². The van der Waals surface area contributed by atoms with Crippen LogP contribution in [0.1, 0.15) is 31.2 Å². The number of aromatic nitrogens is 1. The molecule has 1 atom stereocenters. The number of aliphatic carboxylic acids is 1. The van der Waals surface area contributed by atoms with Crippen molar-refractivity contribution in [2.24, 2.45) is 5.41 Å². The van der Waals surface area contributed by atoms with Crippen molar-refractivity contribution in [2.75, 3.05) is 32.7 Å². The van der Waals surface area contributed by atoms with Gasteiger partial charge in [0.25, 0.3) is 0 Å². The quantitative estimate of drug-likeness (QED) is 0.849. The van der Waals surface area contributed by atoms with Crippen molar-refractivity contribution in [1.29, 1.82) is 0 Å². The molecule has 0 radical (unpaired) electrons. The number of nitrogens with one attached hydrogen (secondary N) is 1. The van der Waals surface area contributed by atoms with Crippen LogP contribution in [-0.2, 0) is 16.0 Å². The molecule has 2 saturated heterocycles. The number of benzene rings is 1. The normalized spacial score (nSPS) is 23.3. The highest BCUT2D eigenvalue weighted by Gasteiger charge is 2.42. The van der Waals surface area contributed by atoms with Crippen LogP contribution in [0.5, 0.6) is 0 Å². The average molecular weight is 369 g/mol. The summed E-state index contributed by atoms with van der Waals surface area (Å²) in [4.78, 5) is 31.3. The summed E-state index contributed by atoms with van der Waals surface area (Å²) in [5.74, 6) is -0.545. The van der Waals surface area contributed by atoms with Gasteiger partial charge in [-0.25, -0.2) is 0 Å². The maximum absolute atomic E-state index is 12.9. The van der Waals surface area contributed by atoms with Crippen molar-refractivity contribution in [1.82, 2.24) is 14.8 Å². The van der Waals surface area contributed by atoms with Crippen molar-refractivity contribution >= 4 is 22.8 Å². The fourth-order valence-electron chi connectivity index (χ4n) is 4.79. The zero-order chi connectivity index (χ0) is 18.9. The van der Waals surface area contributed by atoms with Gasteiger partial charge in [0.15, 0.2) is 0 Å². The summed E-state index contributed by atoms with van der Waals surface area (Å²) in [5.41, 5.74) is 2.27. The van der Waals surface area contributed by atoms with Crippen molar-refractivity contribution in [3.05, 3.63) is 36.0 Å². The molecule has 3 heterocycles. The molecule has 1 aromatic carbocycles. The summed E-state index contributed by atoms with van der Waals surface area (Å²) in [5, 5.41) is 10.1. The van der Waals surface area contributed by atoms with Gasteiger partial charge in [-0.1, -0.05) is 18.2 Å². The fourth-order valence-corrected chi connectivity index (χ4v) is 4.79. The average Bonchev–Trinajstić information content (AvgIpc) is 3.25. The zero-order valence-electron chi connectivity index (χ0n) is 15.6. The van der Waals surface area contributed by atoms with E-state index < -0.39 is 5.97 Å². The molecule has 1 spiro atoms. The first-order valence-electron chi connectivity index (χ1n) is 9.82. The molecule has 2 N–H and O–H groups in total. The van der Waals surface area contributed by atoms with E-state index in [1.165, 1.54) is 0 Å². The Labute approximate surface area is 159 Å². The van der Waals surface area contributed by atoms with Crippen molar-refractivity contribution in [3.8, 4) is 0 Å². The summed E-state index contributed by atoms with van der Waals surface area (Å²) in [6.07, 6.45) is 5.82. The van der Waals surface area contributed by atoms with E-state index >= 15 is 0 Å². The van der Waals surface area contributed by atoms with Crippen LogP contribution in [0.3, 0.4) is 0 Å². The van der Waals surface area contributed by atoms with E-state index in [4.69, 9.17) is 5.11 Å². The lowest BCUT2D eigenvalue weighted by atomic mass is 9.79. The van der Waals surface area contributed by atoms with Gasteiger partial charge >= 0.3 is 5.97 Å². The molecule has 0 bridgehead atoms. The van der Waals surface area contributed by atoms with Crippen LogP contribution in [0, 0.1) is 5.41 Å². The van der Waals surface area contributed by atoms with Crippen LogP contribution in [0.25, 0.3) is 10.9 Å². The van der Waals surface area contributed by atoms with Crippen LogP contribution in [0.2, 0.25) is 0 Å². The zero-order valence-corrected chi connectivity index (χ0v) is 15.6. The van der Waals surface area contributed by atoms with Gasteiger partial charge in [0.05, 0.1) is 12.8 Å². The minimum absolute atomic E-state index is 0.145. The number of carbonyl (C=O) groups is 2. The summed E-state index contributed by atoms with van der Waals surface area (Å²) >= 11 is 0. The molecular weight excluding hydrogens is 342 g/mol. The molecule has 2 aliphatic rings. The molecule has 6 heteroatoms. The lowest BCUT2D eigenvalue weighted by Crippen LogP contribution is -2.46. The summed E-state index contributed by atoms with van der Waals surface area (Å²) in [6.45, 7) is 4.11. The molecule has 0 aliphatic carbocycles. The van der Waals surface area contributed by atoms with Gasteiger partial charge in [0.1, 0.15) is 0 Å². The molecular formula is C21H27N3O3. The van der Waals surface area contributed by atoms with E-state index in [-0.39, 0.29) is 17.7 Å². The van der Waals surface area contributed by atoms with Gasteiger partial charge < -0.3 is 19.9 Å². The predicted octanol–water partition coefficient (Wildman–Crippen LogP) is 2.50. The number of nitrogens with zero attached hydrogens (tertiary/aromatic N) is 2. The highest BCUT2D eigenvalue weighted by molar-refractivity contribution is 5.89. The third kappa shape index (κ3) is 3.86. The smallest absolute Gasteiger partial charge is 0.304 e. The van der Waals surface area contributed by atoms with E-state index in [2.05, 4.69) is 16.0 Å². The highest BCUT2D eigenvalue weighted by atomic mass is 16.4. The fraction of sp³-hybridized carbons (Fsp3) is 0.524. The minimum Gasteiger partial charge on any atom is -0.481 e. The van der Waals surface area contributed by atoms with Gasteiger partial charge in [-0.2, -0.15) is 0 Å². The first kappa shape index (κ1) is 18.0. The number of amides is 1. The molecule has 4 rings (SSSR count). The standard InChI is InChI=1S/C21H27N3O3/c25-19(12-16-13-22-18-5-2-1-4-17(16)18)24-11-8-21(15-24)7-3-9-23(14-21)10-6-20(26)27/h1-2,4-5,13,22H,3,6-12,14-15H2,(H,26,27). The number of fused-ring (bicyclic) bond motifs is 1. The third-order valence-electron chi connectivity index (χ3n) is 6.19. The Morgan fingerprint density at radius 2 is 2.00 bits per heavy atom. The second kappa shape index (κ2) is 7.35. The lowest BCUT2D eigenvalue weighted by molar-refractivity contribution is -0.137. The Balaban J connectivity index is 1.38. The van der Waals surface area contributed by atoms with Gasteiger partial charge in [-0.15, -0.1) is 0 Å². The minimum atomic E-state index is -0.739. The van der Waals surface area contributed by atoms with E-state index in [1.807, 2.05) is 29.3 Å². The molecule has 2 aromatic rings. The third-order valence-corrected chi connectivity index (χ3v) is 6.19. The number of H-pyrrole nitrogens is 1. The Hall–Kier alpha value is -2.34. The summed E-state index contributed by atoms with van der Waals surface area (Å²) < 4.78 is 0. The number of aromatic amines is 1.